The first-order valence-electron chi connectivity index (χ1n) is 9.95. The summed E-state index contributed by atoms with van der Waals surface area (Å²) in [6.07, 6.45) is 0. The summed E-state index contributed by atoms with van der Waals surface area (Å²) < 4.78 is 6.61. The smallest absolute Gasteiger partial charge is 0.301 e. The van der Waals surface area contributed by atoms with Crippen LogP contribution < -0.4 is 10.3 Å². The highest BCUT2D eigenvalue weighted by molar-refractivity contribution is 7.12. The molecule has 0 aliphatic heterocycles. The lowest BCUT2D eigenvalue weighted by atomic mass is 10.1. The fourth-order valence-corrected chi connectivity index (χ4v) is 4.24. The Morgan fingerprint density at radius 1 is 1.00 bits per heavy atom. The molecule has 0 saturated carbocycles. The maximum absolute atomic E-state index is 13.0. The van der Waals surface area contributed by atoms with Gasteiger partial charge in [0.05, 0.1) is 24.2 Å². The Balaban J connectivity index is 1.47. The molecule has 158 valence electrons. The zero-order valence-corrected chi connectivity index (χ0v) is 18.3. The molecule has 0 atom stereocenters. The molecule has 0 fully saturated rings. The summed E-state index contributed by atoms with van der Waals surface area (Å²) >= 11 is 1.38. The van der Waals surface area contributed by atoms with Gasteiger partial charge < -0.3 is 4.74 Å². The van der Waals surface area contributed by atoms with Gasteiger partial charge >= 0.3 is 5.56 Å². The van der Waals surface area contributed by atoms with Gasteiger partial charge in [-0.25, -0.2) is 4.98 Å². The fraction of sp³-hybridized carbons (Fsp3) is 0.0833. The van der Waals surface area contributed by atoms with Gasteiger partial charge in [0.15, 0.2) is 5.69 Å². The summed E-state index contributed by atoms with van der Waals surface area (Å²) in [5.41, 5.74) is 3.04. The fourth-order valence-electron chi connectivity index (χ4n) is 3.45. The molecule has 0 radical (unpaired) electrons. The lowest BCUT2D eigenvalue weighted by Crippen LogP contribution is -2.13. The summed E-state index contributed by atoms with van der Waals surface area (Å²) in [5, 5.41) is 16.2. The first-order chi connectivity index (χ1) is 15.6. The van der Waals surface area contributed by atoms with E-state index in [9.17, 15) is 4.79 Å². The predicted octanol–water partition coefficient (Wildman–Crippen LogP) is 6.17. The van der Waals surface area contributed by atoms with E-state index in [4.69, 9.17) is 4.74 Å². The Kier molecular flexibility index (Phi) is 5.12. The van der Waals surface area contributed by atoms with Gasteiger partial charge in [0.1, 0.15) is 5.75 Å². The van der Waals surface area contributed by atoms with E-state index in [1.807, 2.05) is 72.1 Å². The zero-order chi connectivity index (χ0) is 22.1. The number of aryl methyl sites for hydroxylation is 1. The van der Waals surface area contributed by atoms with Crippen LogP contribution in [0, 0.1) is 6.92 Å². The molecule has 5 aromatic rings. The number of methoxy groups -OCH3 is 1. The first kappa shape index (κ1) is 19.9. The van der Waals surface area contributed by atoms with Gasteiger partial charge in [0.2, 0.25) is 5.13 Å². The second-order valence-corrected chi connectivity index (χ2v) is 8.00. The number of H-pyrrole nitrogens is 1. The first-order valence-corrected chi connectivity index (χ1v) is 10.8. The number of azo groups is 1. The van der Waals surface area contributed by atoms with Crippen molar-refractivity contribution in [3.63, 3.8) is 0 Å². The van der Waals surface area contributed by atoms with Crippen LogP contribution in [0.5, 0.6) is 5.75 Å². The topological polar surface area (TPSA) is 84.6 Å². The maximum Gasteiger partial charge on any atom is 0.301 e. The molecular weight excluding hydrogens is 422 g/mol. The van der Waals surface area contributed by atoms with E-state index >= 15 is 0 Å². The molecule has 0 amide bonds. The SMILES string of the molecule is COc1ccc(-c2csc(-n3[nH]c(C)c(N=Nc4cccc5ccccc45)c3=O)n2)cc1. The van der Waals surface area contributed by atoms with E-state index in [2.05, 4.69) is 20.3 Å². The second-order valence-electron chi connectivity index (χ2n) is 7.17. The molecule has 2 aromatic heterocycles. The van der Waals surface area contributed by atoms with Crippen molar-refractivity contribution >= 4 is 33.5 Å². The van der Waals surface area contributed by atoms with Crippen molar-refractivity contribution in [1.29, 1.82) is 0 Å². The van der Waals surface area contributed by atoms with E-state index in [-0.39, 0.29) is 11.2 Å². The molecule has 8 heteroatoms. The summed E-state index contributed by atoms with van der Waals surface area (Å²) in [6.45, 7) is 1.80. The summed E-state index contributed by atoms with van der Waals surface area (Å²) in [6, 6.07) is 21.4. The highest BCUT2D eigenvalue weighted by Crippen LogP contribution is 2.28. The van der Waals surface area contributed by atoms with Crippen LogP contribution in [0.3, 0.4) is 0 Å². The molecule has 0 aliphatic rings. The summed E-state index contributed by atoms with van der Waals surface area (Å²) in [7, 11) is 1.63. The number of ether oxygens (including phenoxy) is 1. The molecule has 0 spiro atoms. The molecule has 5 rings (SSSR count). The standard InChI is InChI=1S/C24H19N5O2S/c1-15-22(27-26-20-9-5-7-16-6-3-4-8-19(16)20)23(30)29(28-15)24-25-21(14-32-24)17-10-12-18(31-2)13-11-17/h3-14,28H,1-2H3. The van der Waals surface area contributed by atoms with Crippen LogP contribution in [-0.4, -0.2) is 21.9 Å². The van der Waals surface area contributed by atoms with Crippen molar-refractivity contribution in [3.8, 4) is 22.1 Å². The Morgan fingerprint density at radius 2 is 1.78 bits per heavy atom. The van der Waals surface area contributed by atoms with E-state index in [0.29, 0.717) is 16.5 Å². The predicted molar refractivity (Wildman–Crippen MR) is 127 cm³/mol. The third-order valence-electron chi connectivity index (χ3n) is 5.13. The van der Waals surface area contributed by atoms with Crippen molar-refractivity contribution in [3.05, 3.63) is 88.2 Å². The van der Waals surface area contributed by atoms with E-state index < -0.39 is 0 Å². The third-order valence-corrected chi connectivity index (χ3v) is 5.96. The van der Waals surface area contributed by atoms with E-state index in [1.165, 1.54) is 16.0 Å². The van der Waals surface area contributed by atoms with Gasteiger partial charge in [-0.05, 0) is 42.6 Å². The molecule has 32 heavy (non-hydrogen) atoms. The quantitative estimate of drug-likeness (QED) is 0.331. The lowest BCUT2D eigenvalue weighted by Gasteiger charge is -2.00. The number of hydrogen-bond donors (Lipinski definition) is 1. The van der Waals surface area contributed by atoms with Crippen LogP contribution in [0.1, 0.15) is 5.69 Å². The molecule has 3 aromatic carbocycles. The molecule has 0 unspecified atom stereocenters. The minimum atomic E-state index is -0.290. The highest BCUT2D eigenvalue weighted by atomic mass is 32.1. The molecule has 7 nitrogen and oxygen atoms in total. The van der Waals surface area contributed by atoms with Crippen LogP contribution in [0.15, 0.2) is 87.1 Å². The lowest BCUT2D eigenvalue weighted by molar-refractivity contribution is 0.415. The number of aromatic amines is 1. The van der Waals surface area contributed by atoms with Crippen molar-refractivity contribution in [2.24, 2.45) is 10.2 Å². The number of hydrogen-bond acceptors (Lipinski definition) is 6. The Morgan fingerprint density at radius 3 is 2.59 bits per heavy atom. The van der Waals surface area contributed by atoms with Gasteiger partial charge in [-0.15, -0.1) is 21.6 Å². The number of rotatable bonds is 5. The second kappa shape index (κ2) is 8.24. The Hall–Kier alpha value is -4.04. The monoisotopic (exact) mass is 441 g/mol. The molecule has 1 N–H and O–H groups in total. The van der Waals surface area contributed by atoms with Crippen LogP contribution in [0.2, 0.25) is 0 Å². The number of aromatic nitrogens is 3. The van der Waals surface area contributed by atoms with Gasteiger partial charge in [-0.1, -0.05) is 36.4 Å². The molecule has 0 bridgehead atoms. The average Bonchev–Trinajstić information content (AvgIpc) is 3.42. The molecule has 0 saturated heterocycles. The highest BCUT2D eigenvalue weighted by Gasteiger charge is 2.15. The van der Waals surface area contributed by atoms with Crippen molar-refractivity contribution < 1.29 is 4.74 Å². The zero-order valence-electron chi connectivity index (χ0n) is 17.4. The number of thiazole rings is 1. The minimum absolute atomic E-state index is 0.263. The van der Waals surface area contributed by atoms with Crippen LogP contribution >= 0.6 is 11.3 Å². The van der Waals surface area contributed by atoms with Gasteiger partial charge in [0, 0.05) is 16.3 Å². The van der Waals surface area contributed by atoms with Crippen LogP contribution in [0.25, 0.3) is 27.2 Å². The largest absolute Gasteiger partial charge is 0.497 e. The Labute approximate surface area is 187 Å². The average molecular weight is 442 g/mol. The third kappa shape index (κ3) is 3.61. The maximum atomic E-state index is 13.0. The summed E-state index contributed by atoms with van der Waals surface area (Å²) in [4.78, 5) is 17.7. The van der Waals surface area contributed by atoms with Gasteiger partial charge in [-0.3, -0.25) is 9.89 Å². The van der Waals surface area contributed by atoms with E-state index in [1.54, 1.807) is 14.0 Å². The number of nitrogens with zero attached hydrogens (tertiary/aromatic N) is 4. The molecular formula is C24H19N5O2S. The Bertz CT molecular complexity index is 1490. The van der Waals surface area contributed by atoms with Crippen molar-refractivity contribution in [2.45, 2.75) is 6.92 Å². The number of benzene rings is 3. The normalized spacial score (nSPS) is 11.4. The minimum Gasteiger partial charge on any atom is -0.497 e. The van der Waals surface area contributed by atoms with Crippen LogP contribution in [-0.2, 0) is 0 Å². The van der Waals surface area contributed by atoms with E-state index in [0.717, 1.165) is 27.8 Å². The molecule has 2 heterocycles. The van der Waals surface area contributed by atoms with Gasteiger partial charge in [-0.2, -0.15) is 4.68 Å². The van der Waals surface area contributed by atoms with Crippen molar-refractivity contribution in [1.82, 2.24) is 14.8 Å². The molecule has 0 aliphatic carbocycles. The summed E-state index contributed by atoms with van der Waals surface area (Å²) in [5.74, 6) is 0.779. The number of fused-ring (bicyclic) bond motifs is 1. The number of nitrogens with one attached hydrogen (secondary N) is 1. The van der Waals surface area contributed by atoms with Gasteiger partial charge in [0.25, 0.3) is 0 Å². The van der Waals surface area contributed by atoms with Crippen molar-refractivity contribution in [2.75, 3.05) is 7.11 Å². The van der Waals surface area contributed by atoms with Crippen LogP contribution in [0.4, 0.5) is 11.4 Å².